The molecule has 2 aromatic heterocycles. The van der Waals surface area contributed by atoms with Crippen molar-refractivity contribution in [1.29, 1.82) is 0 Å². The predicted octanol–water partition coefficient (Wildman–Crippen LogP) is 2.72. The first kappa shape index (κ1) is 15.3. The van der Waals surface area contributed by atoms with E-state index < -0.39 is 0 Å². The third kappa shape index (κ3) is 3.11. The van der Waals surface area contributed by atoms with Gasteiger partial charge in [0.05, 0.1) is 12.3 Å². The van der Waals surface area contributed by atoms with Gasteiger partial charge in [-0.3, -0.25) is 4.79 Å². The Labute approximate surface area is 138 Å². The first-order chi connectivity index (χ1) is 10.7. The molecule has 1 aliphatic carbocycles. The van der Waals surface area contributed by atoms with Gasteiger partial charge in [-0.05, 0) is 38.2 Å². The molecule has 1 amide bonds. The lowest BCUT2D eigenvalue weighted by Gasteiger charge is -2.11. The normalized spacial score (nSPS) is 13.6. The van der Waals surface area contributed by atoms with Gasteiger partial charge in [-0.2, -0.15) is 0 Å². The van der Waals surface area contributed by atoms with Gasteiger partial charge in [-0.25, -0.2) is 9.97 Å². The number of nitrogens with zero attached hydrogens (tertiary/aromatic N) is 2. The van der Waals surface area contributed by atoms with E-state index in [-0.39, 0.29) is 12.5 Å². The molecular weight excluding hydrogens is 314 g/mol. The Morgan fingerprint density at radius 3 is 3.05 bits per heavy atom. The number of terminal acetylenes is 1. The van der Waals surface area contributed by atoms with Crippen molar-refractivity contribution in [3.05, 3.63) is 16.3 Å². The Morgan fingerprint density at radius 2 is 2.23 bits per heavy atom. The van der Waals surface area contributed by atoms with Gasteiger partial charge in [0.25, 0.3) is 0 Å². The zero-order chi connectivity index (χ0) is 15.5. The second kappa shape index (κ2) is 6.67. The summed E-state index contributed by atoms with van der Waals surface area (Å²) in [6, 6.07) is 0. The SMILES string of the molecule is C#CCNC(=O)CSc1nc(C)nc2sc3c(c12)CCCC3. The number of aromatic nitrogens is 2. The van der Waals surface area contributed by atoms with E-state index in [1.54, 1.807) is 11.3 Å². The fourth-order valence-electron chi connectivity index (χ4n) is 2.66. The van der Waals surface area contributed by atoms with Crippen molar-refractivity contribution in [2.24, 2.45) is 0 Å². The van der Waals surface area contributed by atoms with Crippen LogP contribution in [0.4, 0.5) is 0 Å². The summed E-state index contributed by atoms with van der Waals surface area (Å²) in [5.74, 6) is 3.44. The Morgan fingerprint density at radius 1 is 1.41 bits per heavy atom. The Bertz CT molecular complexity index is 761. The fourth-order valence-corrected chi connectivity index (χ4v) is 4.97. The number of carbonyl (C=O) groups is 1. The predicted molar refractivity (Wildman–Crippen MR) is 91.4 cm³/mol. The van der Waals surface area contributed by atoms with Crippen LogP contribution in [0.1, 0.15) is 29.1 Å². The molecule has 2 aromatic rings. The lowest BCUT2D eigenvalue weighted by molar-refractivity contribution is -0.118. The smallest absolute Gasteiger partial charge is 0.231 e. The van der Waals surface area contributed by atoms with Crippen LogP contribution in [0.25, 0.3) is 10.2 Å². The quantitative estimate of drug-likeness (QED) is 0.532. The van der Waals surface area contributed by atoms with Crippen molar-refractivity contribution in [3.63, 3.8) is 0 Å². The highest BCUT2D eigenvalue weighted by Gasteiger charge is 2.21. The highest BCUT2D eigenvalue weighted by Crippen LogP contribution is 2.39. The number of thiophene rings is 1. The summed E-state index contributed by atoms with van der Waals surface area (Å²) in [6.07, 6.45) is 9.86. The van der Waals surface area contributed by atoms with Crippen molar-refractivity contribution in [3.8, 4) is 12.3 Å². The van der Waals surface area contributed by atoms with Crippen LogP contribution in [0.2, 0.25) is 0 Å². The van der Waals surface area contributed by atoms with E-state index in [2.05, 4.69) is 21.2 Å². The van der Waals surface area contributed by atoms with Gasteiger partial charge in [-0.1, -0.05) is 17.7 Å². The molecule has 0 saturated carbocycles. The van der Waals surface area contributed by atoms with Crippen LogP contribution in [0.15, 0.2) is 5.03 Å². The van der Waals surface area contributed by atoms with Gasteiger partial charge in [0.2, 0.25) is 5.91 Å². The molecule has 0 atom stereocenters. The third-order valence-electron chi connectivity index (χ3n) is 3.62. The number of rotatable bonds is 4. The maximum atomic E-state index is 11.8. The third-order valence-corrected chi connectivity index (χ3v) is 5.78. The van der Waals surface area contributed by atoms with Crippen LogP contribution in [-0.4, -0.2) is 28.2 Å². The zero-order valence-corrected chi connectivity index (χ0v) is 14.1. The molecule has 0 aromatic carbocycles. The number of thioether (sulfide) groups is 1. The topological polar surface area (TPSA) is 54.9 Å². The molecule has 0 unspecified atom stereocenters. The number of nitrogens with one attached hydrogen (secondary N) is 1. The molecule has 114 valence electrons. The van der Waals surface area contributed by atoms with Crippen molar-refractivity contribution in [2.45, 2.75) is 37.6 Å². The molecule has 4 nitrogen and oxygen atoms in total. The largest absolute Gasteiger partial charge is 0.344 e. The molecule has 1 N–H and O–H groups in total. The summed E-state index contributed by atoms with van der Waals surface area (Å²) in [7, 11) is 0. The second-order valence-electron chi connectivity index (χ2n) is 5.24. The minimum absolute atomic E-state index is 0.0588. The van der Waals surface area contributed by atoms with E-state index >= 15 is 0 Å². The van der Waals surface area contributed by atoms with E-state index in [0.717, 1.165) is 28.5 Å². The molecule has 3 rings (SSSR count). The Balaban J connectivity index is 1.90. The fraction of sp³-hybridized carbons (Fsp3) is 0.438. The van der Waals surface area contributed by atoms with Crippen LogP contribution in [0.3, 0.4) is 0 Å². The minimum atomic E-state index is -0.0588. The van der Waals surface area contributed by atoms with Crippen LogP contribution in [-0.2, 0) is 17.6 Å². The van der Waals surface area contributed by atoms with E-state index in [1.165, 1.54) is 40.4 Å². The van der Waals surface area contributed by atoms with E-state index in [1.807, 2.05) is 6.92 Å². The molecule has 1 aliphatic rings. The van der Waals surface area contributed by atoms with Gasteiger partial charge >= 0.3 is 0 Å². The van der Waals surface area contributed by atoms with Gasteiger partial charge in [-0.15, -0.1) is 17.8 Å². The molecule has 0 radical (unpaired) electrons. The highest BCUT2D eigenvalue weighted by atomic mass is 32.2. The molecular formula is C16H17N3OS2. The summed E-state index contributed by atoms with van der Waals surface area (Å²) in [4.78, 5) is 23.4. The summed E-state index contributed by atoms with van der Waals surface area (Å²) < 4.78 is 0. The average Bonchev–Trinajstić information content (AvgIpc) is 2.88. The maximum absolute atomic E-state index is 11.8. The minimum Gasteiger partial charge on any atom is -0.344 e. The van der Waals surface area contributed by atoms with Crippen molar-refractivity contribution >= 4 is 39.2 Å². The lowest BCUT2D eigenvalue weighted by Crippen LogP contribution is -2.25. The van der Waals surface area contributed by atoms with E-state index in [4.69, 9.17) is 6.42 Å². The molecule has 2 heterocycles. The van der Waals surface area contributed by atoms with E-state index in [9.17, 15) is 4.79 Å². The van der Waals surface area contributed by atoms with Crippen molar-refractivity contribution in [2.75, 3.05) is 12.3 Å². The summed E-state index contributed by atoms with van der Waals surface area (Å²) in [5, 5.41) is 4.78. The number of hydrogen-bond acceptors (Lipinski definition) is 5. The van der Waals surface area contributed by atoms with Gasteiger partial charge in [0.15, 0.2) is 0 Å². The summed E-state index contributed by atoms with van der Waals surface area (Å²) in [5.41, 5.74) is 1.40. The highest BCUT2D eigenvalue weighted by molar-refractivity contribution is 8.00. The zero-order valence-electron chi connectivity index (χ0n) is 12.4. The number of aryl methyl sites for hydroxylation is 3. The molecule has 0 saturated heterocycles. The number of hydrogen-bond donors (Lipinski definition) is 1. The molecule has 0 bridgehead atoms. The number of fused-ring (bicyclic) bond motifs is 3. The molecule has 0 spiro atoms. The molecule has 0 aliphatic heterocycles. The standard InChI is InChI=1S/C16H17N3OS2/c1-3-8-17-13(20)9-21-15-14-11-6-4-5-7-12(11)22-16(14)19-10(2)18-15/h1H,4-9H2,2H3,(H,17,20). The lowest BCUT2D eigenvalue weighted by atomic mass is 9.97. The molecule has 0 fully saturated rings. The van der Waals surface area contributed by atoms with E-state index in [0.29, 0.717) is 5.75 Å². The van der Waals surface area contributed by atoms with Gasteiger partial charge in [0, 0.05) is 10.3 Å². The second-order valence-corrected chi connectivity index (χ2v) is 7.28. The Kier molecular flexibility index (Phi) is 4.65. The number of carbonyl (C=O) groups excluding carboxylic acids is 1. The monoisotopic (exact) mass is 331 g/mol. The van der Waals surface area contributed by atoms with Crippen molar-refractivity contribution in [1.82, 2.24) is 15.3 Å². The van der Waals surface area contributed by atoms with Crippen LogP contribution < -0.4 is 5.32 Å². The molecule has 6 heteroatoms. The maximum Gasteiger partial charge on any atom is 0.231 e. The first-order valence-electron chi connectivity index (χ1n) is 7.31. The van der Waals surface area contributed by atoms with Crippen molar-refractivity contribution < 1.29 is 4.79 Å². The van der Waals surface area contributed by atoms with Gasteiger partial charge < -0.3 is 5.32 Å². The molecule has 22 heavy (non-hydrogen) atoms. The average molecular weight is 331 g/mol. The van der Waals surface area contributed by atoms with Crippen LogP contribution in [0, 0.1) is 19.3 Å². The number of amides is 1. The Hall–Kier alpha value is -1.58. The van der Waals surface area contributed by atoms with Gasteiger partial charge in [0.1, 0.15) is 15.7 Å². The van der Waals surface area contributed by atoms with Crippen LogP contribution in [0.5, 0.6) is 0 Å². The van der Waals surface area contributed by atoms with Crippen LogP contribution >= 0.6 is 23.1 Å². The first-order valence-corrected chi connectivity index (χ1v) is 9.11. The summed E-state index contributed by atoms with van der Waals surface area (Å²) in [6.45, 7) is 2.17. The summed E-state index contributed by atoms with van der Waals surface area (Å²) >= 11 is 3.26.